The number of halogens is 1. The van der Waals surface area contributed by atoms with Crippen LogP contribution in [0.4, 0.5) is 11.4 Å². The Morgan fingerprint density at radius 3 is 2.78 bits per heavy atom. The standard InChI is InChI=1S/C10H11ClN4O2S/c1-15-5-10(13-6-15)18(16,17)14-9-4-7(11)2-3-8(9)12/h2-6,14H,12H2,1H3. The highest BCUT2D eigenvalue weighted by Crippen LogP contribution is 2.25. The van der Waals surface area contributed by atoms with Crippen LogP contribution in [0.1, 0.15) is 0 Å². The van der Waals surface area contributed by atoms with Crippen LogP contribution in [0.25, 0.3) is 0 Å². The maximum absolute atomic E-state index is 12.0. The van der Waals surface area contributed by atoms with E-state index >= 15 is 0 Å². The molecule has 0 bridgehead atoms. The van der Waals surface area contributed by atoms with Crippen molar-refractivity contribution in [3.63, 3.8) is 0 Å². The summed E-state index contributed by atoms with van der Waals surface area (Å²) in [4.78, 5) is 3.77. The summed E-state index contributed by atoms with van der Waals surface area (Å²) in [7, 11) is -2.07. The van der Waals surface area contributed by atoms with Gasteiger partial charge in [0, 0.05) is 18.3 Å². The molecular formula is C10H11ClN4O2S. The van der Waals surface area contributed by atoms with Gasteiger partial charge in [-0.05, 0) is 18.2 Å². The molecule has 2 rings (SSSR count). The predicted molar refractivity (Wildman–Crippen MR) is 69.9 cm³/mol. The molecule has 8 heteroatoms. The summed E-state index contributed by atoms with van der Waals surface area (Å²) >= 11 is 5.79. The second-order valence-electron chi connectivity index (χ2n) is 3.71. The SMILES string of the molecule is Cn1cnc(S(=O)(=O)Nc2cc(Cl)ccc2N)c1. The Balaban J connectivity index is 2.36. The highest BCUT2D eigenvalue weighted by Gasteiger charge is 2.18. The van der Waals surface area contributed by atoms with E-state index in [1.807, 2.05) is 0 Å². The Morgan fingerprint density at radius 1 is 1.44 bits per heavy atom. The average molecular weight is 287 g/mol. The Bertz CT molecular complexity index is 681. The number of sulfonamides is 1. The van der Waals surface area contributed by atoms with Crippen LogP contribution in [0.2, 0.25) is 5.02 Å². The van der Waals surface area contributed by atoms with Crippen molar-refractivity contribution in [2.24, 2.45) is 7.05 Å². The molecule has 0 aliphatic rings. The Hall–Kier alpha value is -1.73. The second-order valence-corrected chi connectivity index (χ2v) is 5.78. The van der Waals surface area contributed by atoms with Gasteiger partial charge in [0.1, 0.15) is 0 Å². The van der Waals surface area contributed by atoms with Crippen molar-refractivity contribution in [1.82, 2.24) is 9.55 Å². The Morgan fingerprint density at radius 2 is 2.17 bits per heavy atom. The maximum atomic E-state index is 12.0. The molecule has 96 valence electrons. The third-order valence-electron chi connectivity index (χ3n) is 2.22. The second kappa shape index (κ2) is 4.51. The van der Waals surface area contributed by atoms with Crippen molar-refractivity contribution in [2.75, 3.05) is 10.5 Å². The van der Waals surface area contributed by atoms with Crippen LogP contribution in [0.3, 0.4) is 0 Å². The van der Waals surface area contributed by atoms with Gasteiger partial charge in [-0.15, -0.1) is 0 Å². The number of benzene rings is 1. The van der Waals surface area contributed by atoms with Gasteiger partial charge in [0.15, 0.2) is 5.03 Å². The maximum Gasteiger partial charge on any atom is 0.281 e. The Labute approximate surface area is 109 Å². The number of anilines is 2. The Kier molecular flexibility index (Phi) is 3.18. The molecule has 18 heavy (non-hydrogen) atoms. The number of aryl methyl sites for hydroxylation is 1. The molecule has 0 fully saturated rings. The first-order valence-electron chi connectivity index (χ1n) is 4.94. The van der Waals surface area contributed by atoms with E-state index in [4.69, 9.17) is 17.3 Å². The van der Waals surface area contributed by atoms with Crippen LogP contribution < -0.4 is 10.5 Å². The topological polar surface area (TPSA) is 90.0 Å². The summed E-state index contributed by atoms with van der Waals surface area (Å²) in [5, 5.41) is 0.312. The highest BCUT2D eigenvalue weighted by atomic mass is 35.5. The molecule has 2 aromatic rings. The molecule has 6 nitrogen and oxygen atoms in total. The van der Waals surface area contributed by atoms with Crippen LogP contribution in [0.5, 0.6) is 0 Å². The average Bonchev–Trinajstić information content (AvgIpc) is 2.71. The summed E-state index contributed by atoms with van der Waals surface area (Å²) in [6.07, 6.45) is 2.79. The lowest BCUT2D eigenvalue weighted by Gasteiger charge is -2.08. The largest absolute Gasteiger partial charge is 0.397 e. The van der Waals surface area contributed by atoms with Crippen LogP contribution in [0, 0.1) is 0 Å². The molecule has 0 amide bonds. The van der Waals surface area contributed by atoms with Crippen molar-refractivity contribution >= 4 is 33.0 Å². The van der Waals surface area contributed by atoms with Gasteiger partial charge >= 0.3 is 0 Å². The van der Waals surface area contributed by atoms with Crippen molar-refractivity contribution in [3.05, 3.63) is 35.7 Å². The zero-order valence-electron chi connectivity index (χ0n) is 9.46. The lowest BCUT2D eigenvalue weighted by atomic mass is 10.3. The first-order chi connectivity index (χ1) is 8.38. The fraction of sp³-hybridized carbons (Fsp3) is 0.100. The first kappa shape index (κ1) is 12.7. The van der Waals surface area contributed by atoms with Crippen molar-refractivity contribution < 1.29 is 8.42 Å². The molecule has 0 aliphatic heterocycles. The van der Waals surface area contributed by atoms with E-state index in [0.717, 1.165) is 0 Å². The third kappa shape index (κ3) is 2.57. The lowest BCUT2D eigenvalue weighted by molar-refractivity contribution is 0.598. The molecule has 3 N–H and O–H groups in total. The molecule has 1 heterocycles. The first-order valence-corrected chi connectivity index (χ1v) is 6.80. The number of nitrogens with two attached hydrogens (primary N) is 1. The van der Waals surface area contributed by atoms with Crippen molar-refractivity contribution in [3.8, 4) is 0 Å². The van der Waals surface area contributed by atoms with Gasteiger partial charge in [-0.1, -0.05) is 11.6 Å². The number of nitrogen functional groups attached to an aromatic ring is 1. The van der Waals surface area contributed by atoms with Crippen LogP contribution in [-0.4, -0.2) is 18.0 Å². The number of aromatic nitrogens is 2. The van der Waals surface area contributed by atoms with Crippen LogP contribution in [0.15, 0.2) is 35.7 Å². The molecule has 0 atom stereocenters. The molecule has 0 saturated carbocycles. The number of nitrogens with one attached hydrogen (secondary N) is 1. The van der Waals surface area contributed by atoms with E-state index in [-0.39, 0.29) is 10.7 Å². The zero-order valence-corrected chi connectivity index (χ0v) is 11.0. The number of nitrogens with zero attached hydrogens (tertiary/aromatic N) is 2. The number of hydrogen-bond donors (Lipinski definition) is 2. The quantitative estimate of drug-likeness (QED) is 0.836. The smallest absolute Gasteiger partial charge is 0.281 e. The van der Waals surface area contributed by atoms with E-state index < -0.39 is 10.0 Å². The third-order valence-corrected chi connectivity index (χ3v) is 3.70. The minimum absolute atomic E-state index is 0.0793. The van der Waals surface area contributed by atoms with E-state index in [1.54, 1.807) is 13.1 Å². The van der Waals surface area contributed by atoms with E-state index in [9.17, 15) is 8.42 Å². The molecule has 0 spiro atoms. The predicted octanol–water partition coefficient (Wildman–Crippen LogP) is 1.46. The fourth-order valence-corrected chi connectivity index (χ4v) is 2.58. The molecule has 0 radical (unpaired) electrons. The van der Waals surface area contributed by atoms with E-state index in [1.165, 1.54) is 29.2 Å². The van der Waals surface area contributed by atoms with Gasteiger partial charge in [0.2, 0.25) is 0 Å². The molecular weight excluding hydrogens is 276 g/mol. The van der Waals surface area contributed by atoms with Crippen LogP contribution in [-0.2, 0) is 17.1 Å². The van der Waals surface area contributed by atoms with Crippen molar-refractivity contribution in [2.45, 2.75) is 5.03 Å². The zero-order chi connectivity index (χ0) is 13.3. The summed E-state index contributed by atoms with van der Waals surface area (Å²) in [6.45, 7) is 0. The van der Waals surface area contributed by atoms with Gasteiger partial charge in [-0.2, -0.15) is 8.42 Å². The summed E-state index contributed by atoms with van der Waals surface area (Å²) < 4.78 is 27.9. The normalized spacial score (nSPS) is 11.4. The fourth-order valence-electron chi connectivity index (χ4n) is 1.34. The summed E-state index contributed by atoms with van der Waals surface area (Å²) in [5.74, 6) is 0. The van der Waals surface area contributed by atoms with E-state index in [0.29, 0.717) is 10.7 Å². The van der Waals surface area contributed by atoms with Crippen LogP contribution >= 0.6 is 11.6 Å². The molecule has 0 saturated heterocycles. The monoisotopic (exact) mass is 286 g/mol. The highest BCUT2D eigenvalue weighted by molar-refractivity contribution is 7.92. The number of imidazole rings is 1. The van der Waals surface area contributed by atoms with Gasteiger partial charge in [-0.3, -0.25) is 4.72 Å². The van der Waals surface area contributed by atoms with Gasteiger partial charge in [0.05, 0.1) is 17.7 Å². The minimum atomic E-state index is -3.75. The van der Waals surface area contributed by atoms with Crippen molar-refractivity contribution in [1.29, 1.82) is 0 Å². The molecule has 1 aromatic carbocycles. The lowest BCUT2D eigenvalue weighted by Crippen LogP contribution is -2.14. The summed E-state index contributed by atoms with van der Waals surface area (Å²) in [5.41, 5.74) is 6.19. The number of hydrogen-bond acceptors (Lipinski definition) is 4. The van der Waals surface area contributed by atoms with E-state index in [2.05, 4.69) is 9.71 Å². The van der Waals surface area contributed by atoms with Gasteiger partial charge in [0.25, 0.3) is 10.0 Å². The minimum Gasteiger partial charge on any atom is -0.397 e. The van der Waals surface area contributed by atoms with Gasteiger partial charge < -0.3 is 10.3 Å². The van der Waals surface area contributed by atoms with Gasteiger partial charge in [-0.25, -0.2) is 4.98 Å². The molecule has 0 aliphatic carbocycles. The molecule has 0 unspecified atom stereocenters. The summed E-state index contributed by atoms with van der Waals surface area (Å²) in [6, 6.07) is 4.55. The number of rotatable bonds is 3. The molecule has 1 aromatic heterocycles.